The Kier molecular flexibility index (Phi) is 8.33. The van der Waals surface area contributed by atoms with Gasteiger partial charge in [-0.2, -0.15) is 0 Å². The van der Waals surface area contributed by atoms with E-state index in [1.807, 2.05) is 14.1 Å². The van der Waals surface area contributed by atoms with Crippen molar-refractivity contribution in [3.05, 3.63) is 0 Å². The summed E-state index contributed by atoms with van der Waals surface area (Å²) in [7, 11) is 3.99. The van der Waals surface area contributed by atoms with Crippen LogP contribution in [0.4, 0.5) is 0 Å². The van der Waals surface area contributed by atoms with Crippen LogP contribution in [0.15, 0.2) is 0 Å². The Labute approximate surface area is 93.2 Å². The Hall–Kier alpha value is -0.610. The molecule has 0 aromatic carbocycles. The second kappa shape index (κ2) is 8.68. The summed E-state index contributed by atoms with van der Waals surface area (Å²) in [6.45, 7) is 4.48. The fourth-order valence-electron chi connectivity index (χ4n) is 1.31. The maximum atomic E-state index is 11.4. The molecule has 0 fully saturated rings. The monoisotopic (exact) mass is 215 g/mol. The van der Waals surface area contributed by atoms with E-state index in [0.29, 0.717) is 18.9 Å². The number of nitrogens with zero attached hydrogens (tertiary/aromatic N) is 1. The molecule has 0 bridgehead atoms. The van der Waals surface area contributed by atoms with Gasteiger partial charge in [-0.1, -0.05) is 6.92 Å². The smallest absolute Gasteiger partial charge is 0.220 e. The highest BCUT2D eigenvalue weighted by molar-refractivity contribution is 5.75. The number of hydrogen-bond donors (Lipinski definition) is 2. The second-order valence-electron chi connectivity index (χ2n) is 4.37. The maximum Gasteiger partial charge on any atom is 0.220 e. The first-order chi connectivity index (χ1) is 7.06. The second-order valence-corrected chi connectivity index (χ2v) is 4.37. The SMILES string of the molecule is CC(CCN)CCC(=O)NCCN(C)C. The molecule has 0 aliphatic carbocycles. The first-order valence-electron chi connectivity index (χ1n) is 5.67. The highest BCUT2D eigenvalue weighted by Gasteiger charge is 2.05. The normalized spacial score (nSPS) is 12.9. The standard InChI is InChI=1S/C11H25N3O/c1-10(6-7-12)4-5-11(15)13-8-9-14(2)3/h10H,4-9,12H2,1-3H3,(H,13,15). The molecule has 0 aliphatic heterocycles. The highest BCUT2D eigenvalue weighted by atomic mass is 16.1. The van der Waals surface area contributed by atoms with Gasteiger partial charge in [-0.3, -0.25) is 4.79 Å². The average molecular weight is 215 g/mol. The predicted octanol–water partition coefficient (Wildman–Crippen LogP) is 0.429. The van der Waals surface area contributed by atoms with Gasteiger partial charge in [-0.05, 0) is 39.4 Å². The fourth-order valence-corrected chi connectivity index (χ4v) is 1.31. The minimum atomic E-state index is 0.153. The molecule has 1 amide bonds. The number of carbonyl (C=O) groups is 1. The van der Waals surface area contributed by atoms with Crippen LogP contribution in [-0.4, -0.2) is 44.5 Å². The number of rotatable bonds is 8. The molecule has 0 radical (unpaired) electrons. The minimum Gasteiger partial charge on any atom is -0.355 e. The Morgan fingerprint density at radius 1 is 1.40 bits per heavy atom. The third kappa shape index (κ3) is 9.69. The molecule has 3 N–H and O–H groups in total. The van der Waals surface area contributed by atoms with E-state index in [0.717, 1.165) is 25.9 Å². The molecule has 0 aliphatic rings. The van der Waals surface area contributed by atoms with Crippen LogP contribution in [0, 0.1) is 5.92 Å². The van der Waals surface area contributed by atoms with Gasteiger partial charge in [0.05, 0.1) is 0 Å². The van der Waals surface area contributed by atoms with Crippen LogP contribution >= 0.6 is 0 Å². The molecule has 0 rings (SSSR count). The molecule has 0 spiro atoms. The number of nitrogens with two attached hydrogens (primary N) is 1. The lowest BCUT2D eigenvalue weighted by Gasteiger charge is -2.12. The summed E-state index contributed by atoms with van der Waals surface area (Å²) in [6.07, 6.45) is 2.56. The summed E-state index contributed by atoms with van der Waals surface area (Å²) in [4.78, 5) is 13.4. The third-order valence-electron chi connectivity index (χ3n) is 2.40. The molecule has 0 heterocycles. The lowest BCUT2D eigenvalue weighted by atomic mass is 10.0. The van der Waals surface area contributed by atoms with Crippen LogP contribution in [0.2, 0.25) is 0 Å². The van der Waals surface area contributed by atoms with Crippen molar-refractivity contribution in [3.8, 4) is 0 Å². The van der Waals surface area contributed by atoms with Crippen LogP contribution in [0.1, 0.15) is 26.2 Å². The van der Waals surface area contributed by atoms with Crippen molar-refractivity contribution in [2.75, 3.05) is 33.7 Å². The van der Waals surface area contributed by atoms with Gasteiger partial charge in [0.25, 0.3) is 0 Å². The summed E-state index contributed by atoms with van der Waals surface area (Å²) in [5, 5.41) is 2.90. The van der Waals surface area contributed by atoms with Gasteiger partial charge >= 0.3 is 0 Å². The number of carbonyl (C=O) groups excluding carboxylic acids is 1. The zero-order valence-corrected chi connectivity index (χ0v) is 10.3. The zero-order chi connectivity index (χ0) is 11.7. The van der Waals surface area contributed by atoms with Gasteiger partial charge in [0.1, 0.15) is 0 Å². The van der Waals surface area contributed by atoms with Crippen LogP contribution in [0.5, 0.6) is 0 Å². The van der Waals surface area contributed by atoms with Crippen molar-refractivity contribution < 1.29 is 4.79 Å². The molecule has 0 saturated carbocycles. The largest absolute Gasteiger partial charge is 0.355 e. The molecule has 1 atom stereocenters. The van der Waals surface area contributed by atoms with Crippen molar-refractivity contribution in [3.63, 3.8) is 0 Å². The summed E-state index contributed by atoms with van der Waals surface area (Å²) in [5.41, 5.74) is 5.44. The van der Waals surface area contributed by atoms with Crippen molar-refractivity contribution in [2.45, 2.75) is 26.2 Å². The number of nitrogens with one attached hydrogen (secondary N) is 1. The van der Waals surface area contributed by atoms with E-state index in [1.54, 1.807) is 0 Å². The first kappa shape index (κ1) is 14.4. The van der Waals surface area contributed by atoms with Crippen molar-refractivity contribution in [2.24, 2.45) is 11.7 Å². The molecule has 0 saturated heterocycles. The quantitative estimate of drug-likeness (QED) is 0.617. The molecule has 0 aromatic rings. The van der Waals surface area contributed by atoms with Gasteiger partial charge in [-0.25, -0.2) is 0 Å². The predicted molar refractivity (Wildman–Crippen MR) is 63.6 cm³/mol. The average Bonchev–Trinajstić information content (AvgIpc) is 2.14. The van der Waals surface area contributed by atoms with E-state index in [2.05, 4.69) is 17.1 Å². The van der Waals surface area contributed by atoms with Crippen LogP contribution in [0.3, 0.4) is 0 Å². The van der Waals surface area contributed by atoms with E-state index >= 15 is 0 Å². The Morgan fingerprint density at radius 3 is 2.60 bits per heavy atom. The molecule has 90 valence electrons. The van der Waals surface area contributed by atoms with Gasteiger partial charge in [0.15, 0.2) is 0 Å². The Morgan fingerprint density at radius 2 is 2.07 bits per heavy atom. The summed E-state index contributed by atoms with van der Waals surface area (Å²) in [5.74, 6) is 0.704. The maximum absolute atomic E-state index is 11.4. The topological polar surface area (TPSA) is 58.4 Å². The minimum absolute atomic E-state index is 0.153. The van der Waals surface area contributed by atoms with Crippen molar-refractivity contribution in [1.29, 1.82) is 0 Å². The summed E-state index contributed by atoms with van der Waals surface area (Å²) in [6, 6.07) is 0. The number of amides is 1. The molecule has 1 unspecified atom stereocenters. The van der Waals surface area contributed by atoms with Gasteiger partial charge in [0, 0.05) is 19.5 Å². The third-order valence-corrected chi connectivity index (χ3v) is 2.40. The molecular weight excluding hydrogens is 190 g/mol. The van der Waals surface area contributed by atoms with E-state index in [-0.39, 0.29) is 5.91 Å². The van der Waals surface area contributed by atoms with E-state index in [4.69, 9.17) is 5.73 Å². The Bertz CT molecular complexity index is 171. The molecule has 4 nitrogen and oxygen atoms in total. The first-order valence-corrected chi connectivity index (χ1v) is 5.67. The zero-order valence-electron chi connectivity index (χ0n) is 10.3. The van der Waals surface area contributed by atoms with Gasteiger partial charge in [-0.15, -0.1) is 0 Å². The lowest BCUT2D eigenvalue weighted by molar-refractivity contribution is -0.121. The van der Waals surface area contributed by atoms with Crippen molar-refractivity contribution in [1.82, 2.24) is 10.2 Å². The number of likely N-dealkylation sites (N-methyl/N-ethyl adjacent to an activating group) is 1. The summed E-state index contributed by atoms with van der Waals surface area (Å²) >= 11 is 0. The van der Waals surface area contributed by atoms with Crippen LogP contribution in [-0.2, 0) is 4.79 Å². The van der Waals surface area contributed by atoms with Gasteiger partial charge < -0.3 is 16.0 Å². The van der Waals surface area contributed by atoms with Crippen LogP contribution < -0.4 is 11.1 Å². The molecule has 15 heavy (non-hydrogen) atoms. The molecule has 4 heteroatoms. The summed E-state index contributed by atoms with van der Waals surface area (Å²) < 4.78 is 0. The highest BCUT2D eigenvalue weighted by Crippen LogP contribution is 2.08. The van der Waals surface area contributed by atoms with Crippen molar-refractivity contribution >= 4 is 5.91 Å². The molecular formula is C11H25N3O. The van der Waals surface area contributed by atoms with Crippen LogP contribution in [0.25, 0.3) is 0 Å². The lowest BCUT2D eigenvalue weighted by Crippen LogP contribution is -2.31. The Balaban J connectivity index is 3.40. The van der Waals surface area contributed by atoms with E-state index in [9.17, 15) is 4.79 Å². The number of hydrogen-bond acceptors (Lipinski definition) is 3. The van der Waals surface area contributed by atoms with Gasteiger partial charge in [0.2, 0.25) is 5.91 Å². The fraction of sp³-hybridized carbons (Fsp3) is 0.909. The molecule has 0 aromatic heterocycles. The van der Waals surface area contributed by atoms with E-state index in [1.165, 1.54) is 0 Å². The van der Waals surface area contributed by atoms with E-state index < -0.39 is 0 Å².